The molecule has 9 rings (SSSR count). The fourth-order valence-corrected chi connectivity index (χ4v) is 7.38. The van der Waals surface area contributed by atoms with Gasteiger partial charge in [0.25, 0.3) is 5.82 Å². The van der Waals surface area contributed by atoms with Crippen LogP contribution in [0.25, 0.3) is 27.6 Å². The monoisotopic (exact) mass is 505 g/mol. The predicted octanol–water partition coefficient (Wildman–Crippen LogP) is 8.20. The van der Waals surface area contributed by atoms with Crippen LogP contribution in [0, 0.1) is 6.92 Å². The van der Waals surface area contributed by atoms with E-state index in [2.05, 4.69) is 141 Å². The molecule has 2 heterocycles. The summed E-state index contributed by atoms with van der Waals surface area (Å²) in [6, 6.07) is 34.7. The normalized spacial score (nSPS) is 17.4. The molecule has 2 aromatic heterocycles. The maximum atomic E-state index is 2.53. The number of nitrogens with zero attached hydrogens (tertiary/aromatic N) is 2. The Morgan fingerprint density at radius 2 is 1.23 bits per heavy atom. The van der Waals surface area contributed by atoms with Crippen molar-refractivity contribution in [2.75, 3.05) is 0 Å². The quantitative estimate of drug-likeness (QED) is 0.199. The number of para-hydroxylation sites is 1. The zero-order valence-electron chi connectivity index (χ0n) is 23.3. The van der Waals surface area contributed by atoms with E-state index < -0.39 is 0 Å². The lowest BCUT2D eigenvalue weighted by Crippen LogP contribution is -2.34. The third-order valence-electron chi connectivity index (χ3n) is 9.27. The van der Waals surface area contributed by atoms with Gasteiger partial charge in [0.1, 0.15) is 11.0 Å². The highest BCUT2D eigenvalue weighted by Gasteiger charge is 2.42. The summed E-state index contributed by atoms with van der Waals surface area (Å²) in [6.45, 7) is 9.14. The van der Waals surface area contributed by atoms with Gasteiger partial charge < -0.3 is 0 Å². The van der Waals surface area contributed by atoms with E-state index in [0.717, 1.165) is 0 Å². The molecule has 0 amide bonds. The Labute approximate surface area is 230 Å². The first-order valence-electron chi connectivity index (χ1n) is 14.1. The number of benzene rings is 4. The van der Waals surface area contributed by atoms with Gasteiger partial charge in [-0.05, 0) is 81.1 Å². The van der Waals surface area contributed by atoms with Gasteiger partial charge in [0.05, 0.1) is 13.2 Å². The molecular weight excluding hydrogens is 472 g/mol. The number of hydrogen-bond acceptors (Lipinski definition) is 0. The summed E-state index contributed by atoms with van der Waals surface area (Å²) in [6.07, 6.45) is 2.22. The minimum Gasteiger partial charge on any atom is -0.237 e. The summed E-state index contributed by atoms with van der Waals surface area (Å²) in [5.74, 6) is 1.76. The second-order valence-corrected chi connectivity index (χ2v) is 12.6. The molecule has 190 valence electrons. The second-order valence-electron chi connectivity index (χ2n) is 12.6. The average Bonchev–Trinajstić information content (AvgIpc) is 3.25. The maximum absolute atomic E-state index is 2.53. The van der Waals surface area contributed by atoms with E-state index in [1.807, 2.05) is 0 Å². The standard InChI is InChI=1S/C37H33N2/c1-22-11-10-16-28-29-20-30-31(35-26-14-8-6-12-24(26)34(30)25-13-7-9-15-27(25)35)21-32(29)39(36(22)28)33-19-23(37(2,3)4)17-18-38(33)5/h6-21,34-35H,1-5H3/q+1. The lowest BCUT2D eigenvalue weighted by molar-refractivity contribution is -0.665. The smallest absolute Gasteiger partial charge is 0.237 e. The van der Waals surface area contributed by atoms with Crippen molar-refractivity contribution in [1.82, 2.24) is 4.57 Å². The van der Waals surface area contributed by atoms with Crippen LogP contribution in [-0.2, 0) is 12.5 Å². The Morgan fingerprint density at radius 3 is 1.82 bits per heavy atom. The summed E-state index contributed by atoms with van der Waals surface area (Å²) in [7, 11) is 2.17. The molecule has 39 heavy (non-hydrogen) atoms. The topological polar surface area (TPSA) is 8.81 Å². The molecule has 0 N–H and O–H groups in total. The first-order chi connectivity index (χ1) is 18.8. The summed E-state index contributed by atoms with van der Waals surface area (Å²) in [5, 5.41) is 2.67. The highest BCUT2D eigenvalue weighted by Crippen LogP contribution is 2.56. The van der Waals surface area contributed by atoms with Crippen molar-refractivity contribution in [3.8, 4) is 5.82 Å². The molecule has 3 aliphatic carbocycles. The molecule has 0 fully saturated rings. The fraction of sp³-hybridized carbons (Fsp3) is 0.216. The molecule has 0 saturated carbocycles. The van der Waals surface area contributed by atoms with Crippen LogP contribution in [0.15, 0.2) is 97.2 Å². The summed E-state index contributed by atoms with van der Waals surface area (Å²) >= 11 is 0. The van der Waals surface area contributed by atoms with Crippen LogP contribution >= 0.6 is 0 Å². The van der Waals surface area contributed by atoms with E-state index in [9.17, 15) is 0 Å². The van der Waals surface area contributed by atoms with Crippen LogP contribution in [0.4, 0.5) is 0 Å². The largest absolute Gasteiger partial charge is 0.286 e. The van der Waals surface area contributed by atoms with Crippen molar-refractivity contribution < 1.29 is 4.57 Å². The molecule has 0 atom stereocenters. The van der Waals surface area contributed by atoms with Crippen molar-refractivity contribution in [1.29, 1.82) is 0 Å². The van der Waals surface area contributed by atoms with Crippen LogP contribution in [-0.4, -0.2) is 4.57 Å². The van der Waals surface area contributed by atoms with Crippen LogP contribution in [0.1, 0.15) is 77.1 Å². The third kappa shape index (κ3) is 3.00. The van der Waals surface area contributed by atoms with Crippen LogP contribution in [0.5, 0.6) is 0 Å². The van der Waals surface area contributed by atoms with E-state index >= 15 is 0 Å². The maximum Gasteiger partial charge on any atom is 0.286 e. The van der Waals surface area contributed by atoms with Gasteiger partial charge in [-0.2, -0.15) is 4.57 Å². The number of rotatable bonds is 1. The van der Waals surface area contributed by atoms with E-state index in [0.29, 0.717) is 0 Å². The Kier molecular flexibility index (Phi) is 4.50. The van der Waals surface area contributed by atoms with E-state index in [1.165, 1.54) is 72.1 Å². The Morgan fingerprint density at radius 1 is 0.641 bits per heavy atom. The Balaban J connectivity index is 1.50. The molecule has 3 aliphatic rings. The van der Waals surface area contributed by atoms with Crippen molar-refractivity contribution in [3.63, 3.8) is 0 Å². The van der Waals surface area contributed by atoms with Gasteiger partial charge in [0.15, 0.2) is 0 Å². The number of fused-ring (bicyclic) bond motifs is 3. The lowest BCUT2D eigenvalue weighted by atomic mass is 9.61. The first kappa shape index (κ1) is 22.8. The van der Waals surface area contributed by atoms with Gasteiger partial charge in [-0.1, -0.05) is 81.4 Å². The van der Waals surface area contributed by atoms with E-state index in [4.69, 9.17) is 0 Å². The minimum atomic E-state index is 0.0720. The average molecular weight is 506 g/mol. The molecule has 0 spiro atoms. The Hall–Kier alpha value is -4.17. The van der Waals surface area contributed by atoms with Gasteiger partial charge in [-0.25, -0.2) is 4.57 Å². The highest BCUT2D eigenvalue weighted by atomic mass is 15.1. The van der Waals surface area contributed by atoms with Crippen molar-refractivity contribution in [2.45, 2.75) is 44.9 Å². The zero-order chi connectivity index (χ0) is 26.6. The summed E-state index contributed by atoms with van der Waals surface area (Å²) in [4.78, 5) is 0. The minimum absolute atomic E-state index is 0.0720. The van der Waals surface area contributed by atoms with Crippen molar-refractivity contribution in [2.24, 2.45) is 7.05 Å². The van der Waals surface area contributed by atoms with Crippen molar-refractivity contribution in [3.05, 3.63) is 142 Å². The van der Waals surface area contributed by atoms with Crippen LogP contribution in [0.3, 0.4) is 0 Å². The predicted molar refractivity (Wildman–Crippen MR) is 160 cm³/mol. The van der Waals surface area contributed by atoms with Gasteiger partial charge in [0.2, 0.25) is 0 Å². The molecule has 0 aliphatic heterocycles. The molecule has 0 unspecified atom stereocenters. The number of aryl methyl sites for hydroxylation is 2. The summed E-state index contributed by atoms with van der Waals surface area (Å²) < 4.78 is 4.80. The summed E-state index contributed by atoms with van der Waals surface area (Å²) in [5.41, 5.74) is 14.1. The lowest BCUT2D eigenvalue weighted by Gasteiger charge is -2.42. The van der Waals surface area contributed by atoms with E-state index in [-0.39, 0.29) is 17.3 Å². The second kappa shape index (κ2) is 7.70. The highest BCUT2D eigenvalue weighted by molar-refractivity contribution is 6.11. The molecule has 0 radical (unpaired) electrons. The van der Waals surface area contributed by atoms with Crippen molar-refractivity contribution >= 4 is 21.8 Å². The van der Waals surface area contributed by atoms with Crippen LogP contribution < -0.4 is 4.57 Å². The number of pyridine rings is 1. The SMILES string of the molecule is Cc1cccc2c3cc4c(cc3n(-c3cc(C(C)(C)C)cc[n+]3C)c12)C1c2ccccc2C4c2ccccc21. The van der Waals surface area contributed by atoms with E-state index in [1.54, 1.807) is 0 Å². The molecule has 4 aromatic carbocycles. The molecular formula is C37H33N2+. The van der Waals surface area contributed by atoms with Crippen LogP contribution in [0.2, 0.25) is 0 Å². The van der Waals surface area contributed by atoms with Gasteiger partial charge >= 0.3 is 0 Å². The molecule has 6 aromatic rings. The molecule has 2 bridgehead atoms. The Bertz CT molecular complexity index is 1930. The molecule has 2 nitrogen and oxygen atoms in total. The molecule has 0 saturated heterocycles. The molecule has 2 heteroatoms. The zero-order valence-corrected chi connectivity index (χ0v) is 23.3. The fourth-order valence-electron chi connectivity index (χ4n) is 7.38. The number of aromatic nitrogens is 2. The third-order valence-corrected chi connectivity index (χ3v) is 9.27. The van der Waals surface area contributed by atoms with Gasteiger partial charge in [-0.3, -0.25) is 0 Å². The van der Waals surface area contributed by atoms with Gasteiger partial charge in [-0.15, -0.1) is 0 Å². The first-order valence-corrected chi connectivity index (χ1v) is 14.1. The van der Waals surface area contributed by atoms with Gasteiger partial charge in [0, 0.05) is 28.7 Å². The number of hydrogen-bond donors (Lipinski definition) is 0.